The fourth-order valence-corrected chi connectivity index (χ4v) is 4.35. The van der Waals surface area contributed by atoms with Gasteiger partial charge in [-0.25, -0.2) is 0 Å². The highest BCUT2D eigenvalue weighted by atomic mass is 16.6. The van der Waals surface area contributed by atoms with E-state index in [0.29, 0.717) is 24.4 Å². The van der Waals surface area contributed by atoms with Crippen LogP contribution in [-0.2, 0) is 14.2 Å². The van der Waals surface area contributed by atoms with E-state index >= 15 is 0 Å². The Kier molecular flexibility index (Phi) is 14.4. The molecule has 0 N–H and O–H groups in total. The molecule has 0 aromatic carbocycles. The smallest absolute Gasteiger partial charge is 0.0810 e. The van der Waals surface area contributed by atoms with Crippen molar-refractivity contribution in [3.63, 3.8) is 0 Å². The molecule has 0 radical (unpaired) electrons. The zero-order chi connectivity index (χ0) is 20.6. The second-order valence-corrected chi connectivity index (χ2v) is 9.56. The number of rotatable bonds is 22. The monoisotopic (exact) mass is 410 g/mol. The molecule has 0 amide bonds. The first-order valence-electron chi connectivity index (χ1n) is 13.2. The molecule has 4 unspecified atom stereocenters. The van der Waals surface area contributed by atoms with Gasteiger partial charge in [-0.05, 0) is 38.5 Å². The molecule has 3 heteroatoms. The normalized spacial score (nSPS) is 22.6. The maximum absolute atomic E-state index is 6.75. The Balaban J connectivity index is 1.68. The summed E-state index contributed by atoms with van der Waals surface area (Å²) in [6.07, 6.45) is 25.6. The summed E-state index contributed by atoms with van der Waals surface area (Å²) in [6, 6.07) is 0. The topological polar surface area (TPSA) is 34.3 Å². The van der Waals surface area contributed by atoms with E-state index in [1.165, 1.54) is 116 Å². The van der Waals surface area contributed by atoms with Crippen LogP contribution in [0, 0.1) is 0 Å². The van der Waals surface area contributed by atoms with Crippen LogP contribution in [0.4, 0.5) is 0 Å². The summed E-state index contributed by atoms with van der Waals surface area (Å²) in [5, 5.41) is 0. The van der Waals surface area contributed by atoms with Gasteiger partial charge in [-0.3, -0.25) is 0 Å². The van der Waals surface area contributed by atoms with E-state index in [-0.39, 0.29) is 0 Å². The minimum absolute atomic E-state index is 0.440. The van der Waals surface area contributed by atoms with Gasteiger partial charge in [-0.2, -0.15) is 0 Å². The number of epoxide rings is 2. The van der Waals surface area contributed by atoms with Crippen molar-refractivity contribution in [1.82, 2.24) is 0 Å². The van der Waals surface area contributed by atoms with Gasteiger partial charge in [0.05, 0.1) is 37.6 Å². The predicted octanol–water partition coefficient (Wildman–Crippen LogP) is 7.60. The van der Waals surface area contributed by atoms with E-state index < -0.39 is 0 Å². The minimum Gasteiger partial charge on any atom is -0.375 e. The highest BCUT2D eigenvalue weighted by Crippen LogP contribution is 2.26. The average molecular weight is 411 g/mol. The molecular weight excluding hydrogens is 360 g/mol. The van der Waals surface area contributed by atoms with Crippen molar-refractivity contribution in [1.29, 1.82) is 0 Å². The Hall–Kier alpha value is -0.120. The maximum atomic E-state index is 6.75. The second kappa shape index (κ2) is 16.6. The number of hydrogen-bond acceptors (Lipinski definition) is 3. The lowest BCUT2D eigenvalue weighted by atomic mass is 10.0. The van der Waals surface area contributed by atoms with Crippen LogP contribution in [0.5, 0.6) is 0 Å². The number of hydrogen-bond donors (Lipinski definition) is 0. The Bertz CT molecular complexity index is 331. The molecule has 2 rings (SSSR count). The van der Waals surface area contributed by atoms with Gasteiger partial charge in [0.25, 0.3) is 0 Å². The maximum Gasteiger partial charge on any atom is 0.0810 e. The molecule has 2 fully saturated rings. The Morgan fingerprint density at radius 3 is 1.34 bits per heavy atom. The van der Waals surface area contributed by atoms with Crippen LogP contribution in [0.3, 0.4) is 0 Å². The van der Waals surface area contributed by atoms with E-state index in [9.17, 15) is 0 Å². The fraction of sp³-hybridized carbons (Fsp3) is 1.00. The molecule has 3 nitrogen and oxygen atoms in total. The summed E-state index contributed by atoms with van der Waals surface area (Å²) in [4.78, 5) is 0. The standard InChI is InChI=1S/C26H50O3/c1-3-5-7-9-11-13-15-23(17-19-25-21-27-25)29-24(18-20-26-22-28-26)16-14-12-10-8-6-4-2/h23-26H,3-22H2,1-2H3. The lowest BCUT2D eigenvalue weighted by Crippen LogP contribution is -2.23. The quantitative estimate of drug-likeness (QED) is 0.136. The lowest BCUT2D eigenvalue weighted by Gasteiger charge is -2.25. The van der Waals surface area contributed by atoms with Gasteiger partial charge in [0.1, 0.15) is 0 Å². The van der Waals surface area contributed by atoms with Crippen molar-refractivity contribution in [2.24, 2.45) is 0 Å². The van der Waals surface area contributed by atoms with E-state index in [0.717, 1.165) is 13.2 Å². The van der Waals surface area contributed by atoms with E-state index in [1.54, 1.807) is 0 Å². The van der Waals surface area contributed by atoms with Gasteiger partial charge in [-0.1, -0.05) is 90.9 Å². The van der Waals surface area contributed by atoms with Crippen molar-refractivity contribution < 1.29 is 14.2 Å². The zero-order valence-electron chi connectivity index (χ0n) is 19.7. The first kappa shape index (κ1) is 25.1. The SMILES string of the molecule is CCCCCCCCC(CCC1CO1)OC(CCCCCCCC)CCC1CO1. The van der Waals surface area contributed by atoms with Gasteiger partial charge >= 0.3 is 0 Å². The van der Waals surface area contributed by atoms with Crippen molar-refractivity contribution in [2.75, 3.05) is 13.2 Å². The van der Waals surface area contributed by atoms with E-state index in [4.69, 9.17) is 14.2 Å². The molecule has 4 atom stereocenters. The summed E-state index contributed by atoms with van der Waals surface area (Å²) in [6.45, 7) is 6.54. The first-order chi connectivity index (χ1) is 14.3. The van der Waals surface area contributed by atoms with Crippen molar-refractivity contribution in [3.05, 3.63) is 0 Å². The average Bonchev–Trinajstić information content (AvgIpc) is 3.63. The van der Waals surface area contributed by atoms with Crippen LogP contribution in [0.2, 0.25) is 0 Å². The molecule has 0 aliphatic carbocycles. The molecular formula is C26H50O3. The van der Waals surface area contributed by atoms with Crippen LogP contribution >= 0.6 is 0 Å². The molecule has 172 valence electrons. The number of ether oxygens (including phenoxy) is 3. The molecule has 0 saturated carbocycles. The van der Waals surface area contributed by atoms with Crippen LogP contribution < -0.4 is 0 Å². The van der Waals surface area contributed by atoms with E-state index in [2.05, 4.69) is 13.8 Å². The molecule has 2 saturated heterocycles. The molecule has 2 aliphatic rings. The third-order valence-electron chi connectivity index (χ3n) is 6.57. The van der Waals surface area contributed by atoms with Crippen LogP contribution in [0.15, 0.2) is 0 Å². The van der Waals surface area contributed by atoms with Crippen molar-refractivity contribution >= 4 is 0 Å². The molecule has 0 bridgehead atoms. The molecule has 2 aliphatic heterocycles. The third-order valence-corrected chi connectivity index (χ3v) is 6.57. The van der Waals surface area contributed by atoms with Crippen molar-refractivity contribution in [3.8, 4) is 0 Å². The van der Waals surface area contributed by atoms with Crippen LogP contribution in [-0.4, -0.2) is 37.6 Å². The number of unbranched alkanes of at least 4 members (excludes halogenated alkanes) is 10. The minimum atomic E-state index is 0.440. The second-order valence-electron chi connectivity index (χ2n) is 9.56. The Morgan fingerprint density at radius 2 is 0.966 bits per heavy atom. The lowest BCUT2D eigenvalue weighted by molar-refractivity contribution is -0.0333. The van der Waals surface area contributed by atoms with Gasteiger partial charge < -0.3 is 14.2 Å². The van der Waals surface area contributed by atoms with Crippen molar-refractivity contribution in [2.45, 2.75) is 154 Å². The summed E-state index contributed by atoms with van der Waals surface area (Å²) < 4.78 is 17.7. The molecule has 0 aromatic heterocycles. The fourth-order valence-electron chi connectivity index (χ4n) is 4.35. The summed E-state index contributed by atoms with van der Waals surface area (Å²) in [5.74, 6) is 0. The summed E-state index contributed by atoms with van der Waals surface area (Å²) in [7, 11) is 0. The van der Waals surface area contributed by atoms with E-state index in [1.807, 2.05) is 0 Å². The molecule has 0 spiro atoms. The highest BCUT2D eigenvalue weighted by Gasteiger charge is 2.27. The Morgan fingerprint density at radius 1 is 0.586 bits per heavy atom. The van der Waals surface area contributed by atoms with Gasteiger partial charge in [-0.15, -0.1) is 0 Å². The summed E-state index contributed by atoms with van der Waals surface area (Å²) >= 11 is 0. The van der Waals surface area contributed by atoms with Gasteiger partial charge in [0.15, 0.2) is 0 Å². The van der Waals surface area contributed by atoms with Gasteiger partial charge in [0.2, 0.25) is 0 Å². The van der Waals surface area contributed by atoms with Crippen LogP contribution in [0.1, 0.15) is 129 Å². The molecule has 2 heterocycles. The first-order valence-corrected chi connectivity index (χ1v) is 13.2. The highest BCUT2D eigenvalue weighted by molar-refractivity contribution is 4.75. The molecule has 0 aromatic rings. The predicted molar refractivity (Wildman–Crippen MR) is 123 cm³/mol. The molecule has 29 heavy (non-hydrogen) atoms. The summed E-state index contributed by atoms with van der Waals surface area (Å²) in [5.41, 5.74) is 0. The van der Waals surface area contributed by atoms with Crippen LogP contribution in [0.25, 0.3) is 0 Å². The third kappa shape index (κ3) is 14.5. The Labute approximate surface area is 181 Å². The van der Waals surface area contributed by atoms with Gasteiger partial charge in [0, 0.05) is 0 Å². The largest absolute Gasteiger partial charge is 0.375 e. The zero-order valence-corrected chi connectivity index (χ0v) is 19.7.